The highest BCUT2D eigenvalue weighted by Gasteiger charge is 2.63. The Morgan fingerprint density at radius 2 is 1.86 bits per heavy atom. The second-order valence-corrected chi connectivity index (χ2v) is 9.01. The van der Waals surface area contributed by atoms with Crippen molar-refractivity contribution in [2.45, 2.75) is 31.5 Å². The van der Waals surface area contributed by atoms with Crippen LogP contribution < -0.4 is 19.7 Å². The van der Waals surface area contributed by atoms with Gasteiger partial charge in [-0.2, -0.15) is 5.26 Å². The first kappa shape index (κ1) is 22.8. The van der Waals surface area contributed by atoms with Crippen LogP contribution in [0.2, 0.25) is 5.02 Å². The van der Waals surface area contributed by atoms with E-state index in [0.29, 0.717) is 41.4 Å². The molecule has 0 aliphatic carbocycles. The Kier molecular flexibility index (Phi) is 5.44. The van der Waals surface area contributed by atoms with Gasteiger partial charge in [-0.1, -0.05) is 11.6 Å². The summed E-state index contributed by atoms with van der Waals surface area (Å²) in [5.74, 6) is 0.641. The quantitative estimate of drug-likeness (QED) is 0.650. The number of fused-ring (bicyclic) bond motifs is 5. The van der Waals surface area contributed by atoms with Gasteiger partial charge >= 0.3 is 12.1 Å². The summed E-state index contributed by atoms with van der Waals surface area (Å²) in [6, 6.07) is 7.77. The van der Waals surface area contributed by atoms with E-state index in [0.717, 1.165) is 4.90 Å². The number of urea groups is 2. The maximum absolute atomic E-state index is 13.5. The van der Waals surface area contributed by atoms with Crippen molar-refractivity contribution >= 4 is 40.9 Å². The van der Waals surface area contributed by atoms with E-state index in [-0.39, 0.29) is 22.7 Å². The van der Waals surface area contributed by atoms with Crippen LogP contribution in [-0.2, 0) is 4.79 Å². The number of carbonyl (C=O) groups is 3. The summed E-state index contributed by atoms with van der Waals surface area (Å²) in [6.45, 7) is 1.98. The lowest BCUT2D eigenvalue weighted by Crippen LogP contribution is -2.55. The van der Waals surface area contributed by atoms with E-state index in [9.17, 15) is 19.6 Å². The molecular formula is C24H22ClN5O5. The van der Waals surface area contributed by atoms with Crippen molar-refractivity contribution in [3.05, 3.63) is 46.5 Å². The molecule has 10 nitrogen and oxygen atoms in total. The smallest absolute Gasteiger partial charge is 0.332 e. The first-order valence-electron chi connectivity index (χ1n) is 10.9. The molecule has 3 aliphatic rings. The van der Waals surface area contributed by atoms with E-state index in [4.69, 9.17) is 21.1 Å². The highest BCUT2D eigenvalue weighted by molar-refractivity contribution is 6.33. The van der Waals surface area contributed by atoms with Crippen LogP contribution in [0.15, 0.2) is 30.3 Å². The highest BCUT2D eigenvalue weighted by Crippen LogP contribution is 2.44. The number of methoxy groups -OCH3 is 2. The molecule has 180 valence electrons. The Balaban J connectivity index is 1.39. The molecular weight excluding hydrogens is 474 g/mol. The number of amides is 5. The van der Waals surface area contributed by atoms with Gasteiger partial charge in [-0.15, -0.1) is 0 Å². The van der Waals surface area contributed by atoms with Crippen LogP contribution in [0.5, 0.6) is 11.5 Å². The number of nitrogens with one attached hydrogen (secondary N) is 1. The molecule has 3 fully saturated rings. The lowest BCUT2D eigenvalue weighted by molar-refractivity contribution is -0.120. The fraction of sp³-hybridized carbons (Fsp3) is 0.333. The molecule has 5 rings (SSSR count). The monoisotopic (exact) mass is 495 g/mol. The van der Waals surface area contributed by atoms with Crippen LogP contribution in [0.25, 0.3) is 0 Å². The third kappa shape index (κ3) is 3.42. The van der Waals surface area contributed by atoms with Crippen molar-refractivity contribution in [3.63, 3.8) is 0 Å². The van der Waals surface area contributed by atoms with Gasteiger partial charge in [-0.05, 0) is 31.0 Å². The topological polar surface area (TPSA) is 115 Å². The van der Waals surface area contributed by atoms with Crippen molar-refractivity contribution in [1.29, 1.82) is 5.26 Å². The van der Waals surface area contributed by atoms with Crippen molar-refractivity contribution in [2.24, 2.45) is 0 Å². The van der Waals surface area contributed by atoms with Gasteiger partial charge in [0.05, 0.1) is 42.6 Å². The van der Waals surface area contributed by atoms with E-state index in [1.807, 2.05) is 6.07 Å². The van der Waals surface area contributed by atoms with Gasteiger partial charge in [-0.25, -0.2) is 14.5 Å². The molecule has 2 bridgehead atoms. The number of benzene rings is 2. The van der Waals surface area contributed by atoms with Gasteiger partial charge in [0, 0.05) is 30.4 Å². The number of imide groups is 1. The number of likely N-dealkylation sites (tertiary alicyclic amines) is 1. The Hall–Kier alpha value is -3.97. The maximum Gasteiger partial charge on any atom is 0.332 e. The molecule has 2 aromatic carbocycles. The predicted octanol–water partition coefficient (Wildman–Crippen LogP) is 3.36. The van der Waals surface area contributed by atoms with E-state index < -0.39 is 24.0 Å². The van der Waals surface area contributed by atoms with Crippen molar-refractivity contribution in [2.75, 3.05) is 31.0 Å². The summed E-state index contributed by atoms with van der Waals surface area (Å²) in [5, 5.41) is 12.3. The van der Waals surface area contributed by atoms with Gasteiger partial charge in [0.1, 0.15) is 23.6 Å². The zero-order valence-electron chi connectivity index (χ0n) is 19.2. The second kappa shape index (κ2) is 8.36. The molecule has 3 aliphatic heterocycles. The fourth-order valence-corrected chi connectivity index (χ4v) is 5.39. The first-order chi connectivity index (χ1) is 16.8. The minimum absolute atomic E-state index is 0.204. The number of hydrogen-bond donors (Lipinski definition) is 1. The number of hydrogen-bond acceptors (Lipinski definition) is 6. The Morgan fingerprint density at radius 3 is 2.49 bits per heavy atom. The number of ether oxygens (including phenoxy) is 2. The van der Waals surface area contributed by atoms with E-state index in [1.54, 1.807) is 41.0 Å². The lowest BCUT2D eigenvalue weighted by atomic mass is 10.1. The molecule has 0 radical (unpaired) electrons. The number of nitrogens with zero attached hydrogens (tertiary/aromatic N) is 4. The largest absolute Gasteiger partial charge is 0.497 e. The molecule has 0 aromatic heterocycles. The third-order valence-electron chi connectivity index (χ3n) is 6.85. The number of rotatable bonds is 4. The number of piperazine rings is 1. The Morgan fingerprint density at radius 1 is 1.17 bits per heavy atom. The van der Waals surface area contributed by atoms with E-state index in [1.165, 1.54) is 20.3 Å². The predicted molar refractivity (Wildman–Crippen MR) is 127 cm³/mol. The van der Waals surface area contributed by atoms with E-state index >= 15 is 0 Å². The van der Waals surface area contributed by atoms with Gasteiger partial charge in [0.2, 0.25) is 0 Å². The van der Waals surface area contributed by atoms with Crippen LogP contribution in [0.1, 0.15) is 17.5 Å². The molecule has 5 amide bonds. The minimum Gasteiger partial charge on any atom is -0.497 e. The fourth-order valence-electron chi connectivity index (χ4n) is 5.19. The standard InChI is InChI=1S/C24H22ClN5O5/c1-12-18(5-4-13(10-26)20(12)25)30-22(31)21-19-8-15(29(21)24(30)33)11-28(19)23(32)27-14-6-16(34-2)9-17(7-14)35-3/h4-7,9,15,19,21H,8,11H2,1-3H3,(H,27,32)/t15-,19?,21+/m1/s1. The lowest BCUT2D eigenvalue weighted by Gasteiger charge is -2.34. The van der Waals surface area contributed by atoms with Gasteiger partial charge in [0.25, 0.3) is 5.91 Å². The molecule has 1 unspecified atom stereocenters. The Labute approximate surface area is 206 Å². The van der Waals surface area contributed by atoms with Crippen molar-refractivity contribution in [3.8, 4) is 17.6 Å². The SMILES string of the molecule is COc1cc(NC(=O)N2C[C@H]3CC2[C@H]2C(=O)N(c4ccc(C#N)c(Cl)c4C)C(=O)N32)cc(OC)c1. The average Bonchev–Trinajstić information content (AvgIpc) is 3.52. The molecule has 3 atom stereocenters. The average molecular weight is 496 g/mol. The molecule has 0 saturated carbocycles. The Bertz CT molecular complexity index is 1290. The summed E-state index contributed by atoms with van der Waals surface area (Å²) in [7, 11) is 3.04. The summed E-state index contributed by atoms with van der Waals surface area (Å²) in [6.07, 6.45) is 0.526. The van der Waals surface area contributed by atoms with Gasteiger partial charge in [0.15, 0.2) is 0 Å². The number of carbonyl (C=O) groups excluding carboxylic acids is 3. The first-order valence-corrected chi connectivity index (χ1v) is 11.3. The molecule has 11 heteroatoms. The highest BCUT2D eigenvalue weighted by atomic mass is 35.5. The third-order valence-corrected chi connectivity index (χ3v) is 7.33. The molecule has 2 aromatic rings. The van der Waals surface area contributed by atoms with Crippen LogP contribution >= 0.6 is 11.6 Å². The number of nitriles is 1. The maximum atomic E-state index is 13.5. The van der Waals surface area contributed by atoms with Crippen LogP contribution in [0.3, 0.4) is 0 Å². The zero-order chi connectivity index (χ0) is 25.0. The normalized spacial score (nSPS) is 22.4. The summed E-state index contributed by atoms with van der Waals surface area (Å²) in [4.78, 5) is 44.2. The minimum atomic E-state index is -0.777. The molecule has 1 N–H and O–H groups in total. The number of halogens is 1. The molecule has 3 heterocycles. The van der Waals surface area contributed by atoms with E-state index in [2.05, 4.69) is 5.32 Å². The second-order valence-electron chi connectivity index (χ2n) is 8.63. The summed E-state index contributed by atoms with van der Waals surface area (Å²) >= 11 is 6.28. The molecule has 3 saturated heterocycles. The van der Waals surface area contributed by atoms with Crippen molar-refractivity contribution < 1.29 is 23.9 Å². The van der Waals surface area contributed by atoms with Gasteiger partial charge < -0.3 is 24.6 Å². The summed E-state index contributed by atoms with van der Waals surface area (Å²) in [5.41, 5.74) is 1.58. The van der Waals surface area contributed by atoms with Crippen molar-refractivity contribution in [1.82, 2.24) is 9.80 Å². The zero-order valence-corrected chi connectivity index (χ0v) is 20.0. The summed E-state index contributed by atoms with van der Waals surface area (Å²) < 4.78 is 10.5. The van der Waals surface area contributed by atoms with Gasteiger partial charge in [-0.3, -0.25) is 4.79 Å². The molecule has 35 heavy (non-hydrogen) atoms. The molecule has 0 spiro atoms. The number of anilines is 2. The van der Waals surface area contributed by atoms with Crippen LogP contribution in [0, 0.1) is 18.3 Å². The van der Waals surface area contributed by atoms with Crippen LogP contribution in [-0.4, -0.2) is 66.7 Å². The van der Waals surface area contributed by atoms with Crippen LogP contribution in [0.4, 0.5) is 21.0 Å².